The molecule has 2 nitrogen and oxygen atoms in total. The van der Waals surface area contributed by atoms with Crippen LogP contribution in [0, 0.1) is 0 Å². The molecule has 0 spiro atoms. The molecule has 0 aromatic heterocycles. The molecule has 0 aliphatic heterocycles. The van der Waals surface area contributed by atoms with Gasteiger partial charge in [-0.15, -0.1) is 0 Å². The summed E-state index contributed by atoms with van der Waals surface area (Å²) in [4.78, 5) is 0. The first-order valence-corrected chi connectivity index (χ1v) is 8.17. The third-order valence-electron chi connectivity index (χ3n) is 3.19. The van der Waals surface area contributed by atoms with Crippen LogP contribution >= 0.6 is 15.9 Å². The third-order valence-corrected chi connectivity index (χ3v) is 3.69. The first-order valence-electron chi connectivity index (χ1n) is 7.38. The fourth-order valence-electron chi connectivity index (χ4n) is 2.29. The first kappa shape index (κ1) is 16.5. The van der Waals surface area contributed by atoms with Crippen LogP contribution in [0.25, 0.3) is 0 Å². The van der Waals surface area contributed by atoms with Crippen LogP contribution in [0.2, 0.25) is 0 Å². The van der Waals surface area contributed by atoms with Crippen LogP contribution in [-0.2, 0) is 0 Å². The van der Waals surface area contributed by atoms with E-state index in [1.54, 1.807) is 0 Å². The molecule has 3 heteroatoms. The van der Waals surface area contributed by atoms with Crippen molar-refractivity contribution in [3.8, 4) is 5.75 Å². The van der Waals surface area contributed by atoms with E-state index >= 15 is 0 Å². The van der Waals surface area contributed by atoms with Gasteiger partial charge in [0.25, 0.3) is 0 Å². The summed E-state index contributed by atoms with van der Waals surface area (Å²) in [5, 5.41) is 3.58. The van der Waals surface area contributed by atoms with Crippen molar-refractivity contribution in [3.05, 3.63) is 28.2 Å². The van der Waals surface area contributed by atoms with E-state index in [1.165, 1.54) is 24.8 Å². The largest absolute Gasteiger partial charge is 0.494 e. The van der Waals surface area contributed by atoms with Crippen molar-refractivity contribution < 1.29 is 4.74 Å². The van der Waals surface area contributed by atoms with Crippen LogP contribution in [-0.4, -0.2) is 13.2 Å². The van der Waals surface area contributed by atoms with Gasteiger partial charge in [-0.2, -0.15) is 0 Å². The number of nitrogens with one attached hydrogen (secondary N) is 1. The van der Waals surface area contributed by atoms with E-state index in [0.717, 1.165) is 23.2 Å². The smallest absolute Gasteiger partial charge is 0.124 e. The first-order chi connectivity index (χ1) is 9.22. The van der Waals surface area contributed by atoms with Crippen molar-refractivity contribution in [2.45, 2.75) is 52.5 Å². The molecule has 0 amide bonds. The van der Waals surface area contributed by atoms with Gasteiger partial charge in [-0.3, -0.25) is 0 Å². The summed E-state index contributed by atoms with van der Waals surface area (Å²) >= 11 is 3.57. The van der Waals surface area contributed by atoms with E-state index in [-0.39, 0.29) is 0 Å². The molecule has 108 valence electrons. The summed E-state index contributed by atoms with van der Waals surface area (Å²) in [6.07, 6.45) is 4.97. The molecule has 0 aliphatic rings. The van der Waals surface area contributed by atoms with Gasteiger partial charge < -0.3 is 10.1 Å². The number of benzene rings is 1. The van der Waals surface area contributed by atoms with Gasteiger partial charge in [0.1, 0.15) is 5.75 Å². The molecule has 0 bridgehead atoms. The Hall–Kier alpha value is -0.540. The summed E-state index contributed by atoms with van der Waals surface area (Å²) in [6.45, 7) is 8.13. The van der Waals surface area contributed by atoms with Crippen LogP contribution in [0.3, 0.4) is 0 Å². The molecule has 19 heavy (non-hydrogen) atoms. The zero-order valence-corrected chi connectivity index (χ0v) is 13.9. The Kier molecular flexibility index (Phi) is 8.15. The van der Waals surface area contributed by atoms with Crippen molar-refractivity contribution in [1.29, 1.82) is 0 Å². The van der Waals surface area contributed by atoms with Crippen LogP contribution in [0.5, 0.6) is 5.75 Å². The Balaban J connectivity index is 2.88. The second-order valence-electron chi connectivity index (χ2n) is 4.72. The topological polar surface area (TPSA) is 21.3 Å². The van der Waals surface area contributed by atoms with Crippen LogP contribution in [0.4, 0.5) is 0 Å². The highest BCUT2D eigenvalue weighted by Gasteiger charge is 2.15. The van der Waals surface area contributed by atoms with Crippen molar-refractivity contribution in [2.24, 2.45) is 0 Å². The van der Waals surface area contributed by atoms with Crippen LogP contribution in [0.15, 0.2) is 22.7 Å². The zero-order chi connectivity index (χ0) is 14.1. The maximum Gasteiger partial charge on any atom is 0.124 e. The molecular formula is C16H26BrNO. The van der Waals surface area contributed by atoms with Crippen molar-refractivity contribution in [1.82, 2.24) is 5.32 Å². The SMILES string of the molecule is CCCCCC(NCC)c1cc(Br)ccc1OCC. The van der Waals surface area contributed by atoms with E-state index in [4.69, 9.17) is 4.74 Å². The lowest BCUT2D eigenvalue weighted by Crippen LogP contribution is -2.21. The minimum Gasteiger partial charge on any atom is -0.494 e. The van der Waals surface area contributed by atoms with Crippen molar-refractivity contribution in [3.63, 3.8) is 0 Å². The van der Waals surface area contributed by atoms with Gasteiger partial charge in [-0.1, -0.05) is 49.0 Å². The number of unbranched alkanes of at least 4 members (excludes halogenated alkanes) is 2. The summed E-state index contributed by atoms with van der Waals surface area (Å²) in [6, 6.07) is 6.68. The van der Waals surface area contributed by atoms with Gasteiger partial charge in [0.2, 0.25) is 0 Å². The molecule has 0 fully saturated rings. The molecule has 1 rings (SSSR count). The van der Waals surface area contributed by atoms with Crippen LogP contribution < -0.4 is 10.1 Å². The van der Waals surface area contributed by atoms with Gasteiger partial charge in [0, 0.05) is 16.1 Å². The molecule has 1 aromatic rings. The van der Waals surface area contributed by atoms with Gasteiger partial charge in [-0.05, 0) is 38.1 Å². The standard InChI is InChI=1S/C16H26BrNO/c1-4-7-8-9-15(18-5-2)14-12-13(17)10-11-16(14)19-6-3/h10-12,15,18H,4-9H2,1-3H3. The molecular weight excluding hydrogens is 302 g/mol. The summed E-state index contributed by atoms with van der Waals surface area (Å²) in [5.41, 5.74) is 1.27. The summed E-state index contributed by atoms with van der Waals surface area (Å²) in [5.74, 6) is 1.01. The minimum atomic E-state index is 0.385. The predicted molar refractivity (Wildman–Crippen MR) is 85.9 cm³/mol. The lowest BCUT2D eigenvalue weighted by atomic mass is 9.99. The molecule has 0 heterocycles. The average Bonchev–Trinajstić information content (AvgIpc) is 2.40. The molecule has 0 radical (unpaired) electrons. The Labute approximate surface area is 126 Å². The maximum absolute atomic E-state index is 5.76. The molecule has 1 unspecified atom stereocenters. The molecule has 0 aliphatic carbocycles. The van der Waals surface area contributed by atoms with E-state index in [1.807, 2.05) is 13.0 Å². The molecule has 1 aromatic carbocycles. The van der Waals surface area contributed by atoms with Gasteiger partial charge >= 0.3 is 0 Å². The number of halogens is 1. The van der Waals surface area contributed by atoms with Gasteiger partial charge in [0.15, 0.2) is 0 Å². The summed E-state index contributed by atoms with van der Waals surface area (Å²) < 4.78 is 6.88. The number of rotatable bonds is 9. The highest BCUT2D eigenvalue weighted by Crippen LogP contribution is 2.31. The molecule has 0 saturated heterocycles. The third kappa shape index (κ3) is 5.53. The Morgan fingerprint density at radius 2 is 2.00 bits per heavy atom. The Morgan fingerprint density at radius 3 is 2.63 bits per heavy atom. The second-order valence-corrected chi connectivity index (χ2v) is 5.64. The van der Waals surface area contributed by atoms with E-state index in [9.17, 15) is 0 Å². The fourth-order valence-corrected chi connectivity index (χ4v) is 2.67. The number of hydrogen-bond donors (Lipinski definition) is 1. The van der Waals surface area contributed by atoms with E-state index in [2.05, 4.69) is 47.2 Å². The van der Waals surface area contributed by atoms with E-state index in [0.29, 0.717) is 12.6 Å². The van der Waals surface area contributed by atoms with Gasteiger partial charge in [-0.25, -0.2) is 0 Å². The number of ether oxygens (including phenoxy) is 1. The highest BCUT2D eigenvalue weighted by molar-refractivity contribution is 9.10. The zero-order valence-electron chi connectivity index (χ0n) is 12.3. The van der Waals surface area contributed by atoms with Crippen molar-refractivity contribution >= 4 is 15.9 Å². The average molecular weight is 328 g/mol. The molecule has 1 N–H and O–H groups in total. The van der Waals surface area contributed by atoms with Crippen LogP contribution in [0.1, 0.15) is 58.1 Å². The quantitative estimate of drug-likeness (QED) is 0.638. The van der Waals surface area contributed by atoms with E-state index < -0.39 is 0 Å². The minimum absolute atomic E-state index is 0.385. The monoisotopic (exact) mass is 327 g/mol. The second kappa shape index (κ2) is 9.38. The molecule has 0 saturated carbocycles. The predicted octanol–water partition coefficient (Wildman–Crippen LogP) is 5.08. The highest BCUT2D eigenvalue weighted by atomic mass is 79.9. The van der Waals surface area contributed by atoms with Gasteiger partial charge in [0.05, 0.1) is 6.61 Å². The Morgan fingerprint density at radius 1 is 1.21 bits per heavy atom. The maximum atomic E-state index is 5.76. The van der Waals surface area contributed by atoms with Crippen molar-refractivity contribution in [2.75, 3.05) is 13.2 Å². The molecule has 1 atom stereocenters. The lowest BCUT2D eigenvalue weighted by Gasteiger charge is -2.21. The lowest BCUT2D eigenvalue weighted by molar-refractivity contribution is 0.329. The normalized spacial score (nSPS) is 12.4. The fraction of sp³-hybridized carbons (Fsp3) is 0.625. The number of hydrogen-bond acceptors (Lipinski definition) is 2. The summed E-state index contributed by atoms with van der Waals surface area (Å²) in [7, 11) is 0. The Bertz CT molecular complexity index is 368.